The lowest BCUT2D eigenvalue weighted by atomic mass is 9.95. The zero-order chi connectivity index (χ0) is 11.5. The van der Waals surface area contributed by atoms with Gasteiger partial charge in [-0.25, -0.2) is 0 Å². The molecule has 0 bridgehead atoms. The third kappa shape index (κ3) is 8.22. The van der Waals surface area contributed by atoms with Crippen molar-refractivity contribution >= 4 is 5.97 Å². The fourth-order valence-corrected chi connectivity index (χ4v) is 1.71. The molecule has 0 rings (SSSR count). The molecule has 0 spiro atoms. The summed E-state index contributed by atoms with van der Waals surface area (Å²) >= 11 is 0. The van der Waals surface area contributed by atoms with Crippen LogP contribution in [0.3, 0.4) is 0 Å². The molecule has 2 heteroatoms. The van der Waals surface area contributed by atoms with E-state index in [1.165, 1.54) is 0 Å². The molecule has 15 heavy (non-hydrogen) atoms. The highest BCUT2D eigenvalue weighted by molar-refractivity contribution is 5.69. The van der Waals surface area contributed by atoms with Crippen LogP contribution in [0.5, 0.6) is 0 Å². The van der Waals surface area contributed by atoms with Crippen LogP contribution in [0, 0.1) is 5.92 Å². The highest BCUT2D eigenvalue weighted by Crippen LogP contribution is 2.17. The molecule has 0 aromatic rings. The standard InChI is InChI=1S/C13H24O2/c1-3-5-7-9-11-12(13(14)15)10-8-6-4-2/h3,12H,1,4-11H2,2H3,(H,14,15). The molecule has 0 aliphatic rings. The van der Waals surface area contributed by atoms with E-state index in [0.29, 0.717) is 0 Å². The van der Waals surface area contributed by atoms with Crippen LogP contribution in [0.4, 0.5) is 0 Å². The van der Waals surface area contributed by atoms with Crippen molar-refractivity contribution in [3.05, 3.63) is 12.7 Å². The summed E-state index contributed by atoms with van der Waals surface area (Å²) in [4.78, 5) is 10.9. The SMILES string of the molecule is C=CCCCCC(CCCCC)C(=O)O. The van der Waals surface area contributed by atoms with Gasteiger partial charge in [0.25, 0.3) is 0 Å². The van der Waals surface area contributed by atoms with E-state index in [9.17, 15) is 4.79 Å². The van der Waals surface area contributed by atoms with Crippen molar-refractivity contribution in [2.24, 2.45) is 5.92 Å². The Hall–Kier alpha value is -0.790. The number of carbonyl (C=O) groups is 1. The number of rotatable bonds is 10. The van der Waals surface area contributed by atoms with Gasteiger partial charge >= 0.3 is 5.97 Å². The van der Waals surface area contributed by atoms with Gasteiger partial charge in [-0.1, -0.05) is 38.7 Å². The van der Waals surface area contributed by atoms with E-state index in [0.717, 1.165) is 51.4 Å². The number of hydrogen-bond acceptors (Lipinski definition) is 1. The van der Waals surface area contributed by atoms with Gasteiger partial charge < -0.3 is 5.11 Å². The molecule has 0 saturated carbocycles. The van der Waals surface area contributed by atoms with Gasteiger partial charge in [-0.15, -0.1) is 6.58 Å². The topological polar surface area (TPSA) is 37.3 Å². The number of carboxylic acids is 1. The second-order valence-electron chi connectivity index (χ2n) is 4.10. The molecular weight excluding hydrogens is 188 g/mol. The Labute approximate surface area is 93.4 Å². The van der Waals surface area contributed by atoms with Crippen LogP contribution in [0.2, 0.25) is 0 Å². The summed E-state index contributed by atoms with van der Waals surface area (Å²) in [5.74, 6) is -0.744. The van der Waals surface area contributed by atoms with Gasteiger partial charge in [-0.2, -0.15) is 0 Å². The summed E-state index contributed by atoms with van der Waals surface area (Å²) in [6, 6.07) is 0. The van der Waals surface area contributed by atoms with Gasteiger partial charge in [0.05, 0.1) is 5.92 Å². The molecule has 2 nitrogen and oxygen atoms in total. The average Bonchev–Trinajstić information content (AvgIpc) is 2.21. The van der Waals surface area contributed by atoms with E-state index in [-0.39, 0.29) is 5.92 Å². The molecule has 1 N–H and O–H groups in total. The fourth-order valence-electron chi connectivity index (χ4n) is 1.71. The Morgan fingerprint density at radius 1 is 1.27 bits per heavy atom. The highest BCUT2D eigenvalue weighted by Gasteiger charge is 2.15. The van der Waals surface area contributed by atoms with Crippen molar-refractivity contribution in [2.75, 3.05) is 0 Å². The highest BCUT2D eigenvalue weighted by atomic mass is 16.4. The minimum absolute atomic E-state index is 0.124. The first-order valence-electron chi connectivity index (χ1n) is 6.06. The van der Waals surface area contributed by atoms with Crippen molar-refractivity contribution < 1.29 is 9.90 Å². The summed E-state index contributed by atoms with van der Waals surface area (Å²) in [7, 11) is 0. The molecule has 0 fully saturated rings. The minimum Gasteiger partial charge on any atom is -0.481 e. The van der Waals surface area contributed by atoms with E-state index in [4.69, 9.17) is 5.11 Å². The minimum atomic E-state index is -0.621. The van der Waals surface area contributed by atoms with E-state index in [2.05, 4.69) is 13.5 Å². The smallest absolute Gasteiger partial charge is 0.306 e. The number of allylic oxidation sites excluding steroid dienone is 1. The van der Waals surface area contributed by atoms with Gasteiger partial charge in [-0.3, -0.25) is 4.79 Å². The first-order chi connectivity index (χ1) is 7.22. The van der Waals surface area contributed by atoms with Crippen LogP contribution < -0.4 is 0 Å². The number of unbranched alkanes of at least 4 members (excludes halogenated alkanes) is 4. The zero-order valence-electron chi connectivity index (χ0n) is 9.87. The second-order valence-corrected chi connectivity index (χ2v) is 4.10. The largest absolute Gasteiger partial charge is 0.481 e. The average molecular weight is 212 g/mol. The number of hydrogen-bond donors (Lipinski definition) is 1. The molecule has 0 aliphatic carbocycles. The number of carboxylic acid groups (broad SMARTS) is 1. The van der Waals surface area contributed by atoms with Gasteiger partial charge in [0.1, 0.15) is 0 Å². The second kappa shape index (κ2) is 9.75. The molecule has 88 valence electrons. The maximum atomic E-state index is 10.9. The zero-order valence-corrected chi connectivity index (χ0v) is 9.87. The van der Waals surface area contributed by atoms with Crippen LogP contribution >= 0.6 is 0 Å². The molecule has 0 heterocycles. The van der Waals surface area contributed by atoms with Crippen LogP contribution in [0.25, 0.3) is 0 Å². The lowest BCUT2D eigenvalue weighted by molar-refractivity contribution is -0.142. The summed E-state index contributed by atoms with van der Waals surface area (Å²) < 4.78 is 0. The Balaban J connectivity index is 3.63. The van der Waals surface area contributed by atoms with Crippen LogP contribution in [-0.4, -0.2) is 11.1 Å². The van der Waals surface area contributed by atoms with Crippen molar-refractivity contribution in [1.29, 1.82) is 0 Å². The Morgan fingerprint density at radius 3 is 2.33 bits per heavy atom. The summed E-state index contributed by atoms with van der Waals surface area (Å²) in [6.45, 7) is 5.80. The summed E-state index contributed by atoms with van der Waals surface area (Å²) in [5.41, 5.74) is 0. The Bertz CT molecular complexity index is 175. The van der Waals surface area contributed by atoms with Crippen molar-refractivity contribution in [3.63, 3.8) is 0 Å². The van der Waals surface area contributed by atoms with Crippen molar-refractivity contribution in [3.8, 4) is 0 Å². The monoisotopic (exact) mass is 212 g/mol. The lowest BCUT2D eigenvalue weighted by Gasteiger charge is -2.11. The molecule has 0 amide bonds. The normalized spacial score (nSPS) is 12.3. The summed E-state index contributed by atoms with van der Waals surface area (Å²) in [6.07, 6.45) is 10.0. The quantitative estimate of drug-likeness (QED) is 0.439. The molecule has 1 unspecified atom stereocenters. The van der Waals surface area contributed by atoms with Crippen molar-refractivity contribution in [2.45, 2.75) is 58.3 Å². The third-order valence-electron chi connectivity index (χ3n) is 2.72. The molecule has 0 aromatic carbocycles. The molecular formula is C13H24O2. The predicted octanol–water partition coefficient (Wildman–Crippen LogP) is 4.01. The van der Waals surface area contributed by atoms with E-state index in [1.54, 1.807) is 0 Å². The van der Waals surface area contributed by atoms with E-state index in [1.807, 2.05) is 6.08 Å². The first-order valence-corrected chi connectivity index (χ1v) is 6.06. The van der Waals surface area contributed by atoms with Gasteiger partial charge in [0.2, 0.25) is 0 Å². The molecule has 0 aliphatic heterocycles. The lowest BCUT2D eigenvalue weighted by Crippen LogP contribution is -2.13. The van der Waals surface area contributed by atoms with Crippen molar-refractivity contribution in [1.82, 2.24) is 0 Å². The fraction of sp³-hybridized carbons (Fsp3) is 0.769. The van der Waals surface area contributed by atoms with Crippen LogP contribution in [0.1, 0.15) is 58.3 Å². The van der Waals surface area contributed by atoms with E-state index >= 15 is 0 Å². The van der Waals surface area contributed by atoms with E-state index < -0.39 is 5.97 Å². The Morgan fingerprint density at radius 2 is 1.87 bits per heavy atom. The molecule has 0 radical (unpaired) electrons. The van der Waals surface area contributed by atoms with Gasteiger partial charge in [0, 0.05) is 0 Å². The van der Waals surface area contributed by atoms with Crippen LogP contribution in [0.15, 0.2) is 12.7 Å². The van der Waals surface area contributed by atoms with Gasteiger partial charge in [0.15, 0.2) is 0 Å². The number of aliphatic carboxylic acids is 1. The molecule has 0 aromatic heterocycles. The Kier molecular flexibility index (Phi) is 9.24. The predicted molar refractivity (Wildman–Crippen MR) is 63.9 cm³/mol. The maximum absolute atomic E-state index is 10.9. The maximum Gasteiger partial charge on any atom is 0.306 e. The molecule has 0 saturated heterocycles. The third-order valence-corrected chi connectivity index (χ3v) is 2.72. The first kappa shape index (κ1) is 14.2. The molecule has 1 atom stereocenters. The van der Waals surface area contributed by atoms with Crippen LogP contribution in [-0.2, 0) is 4.79 Å². The van der Waals surface area contributed by atoms with Gasteiger partial charge in [-0.05, 0) is 25.7 Å². The summed E-state index contributed by atoms with van der Waals surface area (Å²) in [5, 5.41) is 9.01.